The summed E-state index contributed by atoms with van der Waals surface area (Å²) in [4.78, 5) is 0. The van der Waals surface area contributed by atoms with Crippen molar-refractivity contribution in [2.24, 2.45) is 0 Å². The third-order valence-electron chi connectivity index (χ3n) is 0.685. The summed E-state index contributed by atoms with van der Waals surface area (Å²) in [7, 11) is 0. The molecule has 1 aliphatic carbocycles. The van der Waals surface area contributed by atoms with Crippen LogP contribution in [-0.2, 0) is 0 Å². The third-order valence-corrected chi connectivity index (χ3v) is 0.685. The summed E-state index contributed by atoms with van der Waals surface area (Å²) in [6.07, 6.45) is 7.67. The van der Waals surface area contributed by atoms with E-state index in [9.17, 15) is 0 Å². The molecule has 1 aromatic rings. The van der Waals surface area contributed by atoms with E-state index < -0.39 is 0 Å². The number of aromatic nitrogens is 3. The highest BCUT2D eigenvalue weighted by Gasteiger charge is 1.95. The molecule has 1 fully saturated rings. The van der Waals surface area contributed by atoms with Crippen molar-refractivity contribution in [3.8, 4) is 0 Å². The van der Waals surface area contributed by atoms with Gasteiger partial charge in [0.25, 0.3) is 0 Å². The number of H-pyrrole nitrogens is 1. The lowest BCUT2D eigenvalue weighted by Crippen LogP contribution is -1.61. The minimum absolute atomic E-state index is 1.50. The Morgan fingerprint density at radius 1 is 1.00 bits per heavy atom. The van der Waals surface area contributed by atoms with Gasteiger partial charge in [-0.1, -0.05) is 19.3 Å². The van der Waals surface area contributed by atoms with Crippen LogP contribution in [0.5, 0.6) is 0 Å². The normalized spacial score (nSPS) is 14.0. The van der Waals surface area contributed by atoms with E-state index in [-0.39, 0.29) is 0 Å². The van der Waals surface area contributed by atoms with Gasteiger partial charge in [-0.2, -0.15) is 15.4 Å². The number of nitrogens with zero attached hydrogens (tertiary/aromatic N) is 2. The fraction of sp³-hybridized carbons (Fsp3) is 0.600. The van der Waals surface area contributed by atoms with Gasteiger partial charge >= 0.3 is 0 Å². The summed E-state index contributed by atoms with van der Waals surface area (Å²) in [5.41, 5.74) is 0. The van der Waals surface area contributed by atoms with Crippen molar-refractivity contribution >= 4 is 0 Å². The Labute approximate surface area is 48.1 Å². The van der Waals surface area contributed by atoms with Crippen molar-refractivity contribution in [2.45, 2.75) is 19.3 Å². The van der Waals surface area contributed by atoms with E-state index in [2.05, 4.69) is 15.4 Å². The quantitative estimate of drug-likeness (QED) is 0.542. The lowest BCUT2D eigenvalue weighted by molar-refractivity contribution is 0.940. The number of hydrogen-bond acceptors (Lipinski definition) is 2. The van der Waals surface area contributed by atoms with Crippen LogP contribution in [0.3, 0.4) is 0 Å². The second-order valence-corrected chi connectivity index (χ2v) is 1.72. The molecule has 0 saturated heterocycles. The van der Waals surface area contributed by atoms with Crippen LogP contribution < -0.4 is 0 Å². The van der Waals surface area contributed by atoms with Crippen molar-refractivity contribution in [1.29, 1.82) is 0 Å². The Kier molecular flexibility index (Phi) is 2.10. The Hall–Kier alpha value is -0.860. The van der Waals surface area contributed by atoms with Gasteiger partial charge in [0, 0.05) is 0 Å². The first-order valence-electron chi connectivity index (χ1n) is 2.80. The molecule has 1 N–H and O–H groups in total. The van der Waals surface area contributed by atoms with Gasteiger partial charge in [-0.3, -0.25) is 0 Å². The molecule has 1 heterocycles. The van der Waals surface area contributed by atoms with Gasteiger partial charge in [-0.15, -0.1) is 0 Å². The SMILES string of the molecule is C1CC1.c1cn[nH]n1. The summed E-state index contributed by atoms with van der Waals surface area (Å²) < 4.78 is 0. The van der Waals surface area contributed by atoms with Gasteiger partial charge in [-0.05, 0) is 0 Å². The summed E-state index contributed by atoms with van der Waals surface area (Å²) in [6.45, 7) is 0. The first kappa shape index (κ1) is 5.28. The van der Waals surface area contributed by atoms with Gasteiger partial charge in [0.2, 0.25) is 0 Å². The molecule has 3 heteroatoms. The average molecular weight is 111 g/mol. The zero-order valence-corrected chi connectivity index (χ0v) is 4.67. The van der Waals surface area contributed by atoms with Gasteiger partial charge < -0.3 is 0 Å². The van der Waals surface area contributed by atoms with Crippen molar-refractivity contribution in [3.05, 3.63) is 12.4 Å². The number of rotatable bonds is 0. The molecule has 0 spiro atoms. The number of nitrogens with one attached hydrogen (secondary N) is 1. The fourth-order valence-electron chi connectivity index (χ4n) is 0.167. The van der Waals surface area contributed by atoms with Crippen LogP contribution >= 0.6 is 0 Å². The van der Waals surface area contributed by atoms with E-state index in [0.717, 1.165) is 0 Å². The van der Waals surface area contributed by atoms with Crippen LogP contribution in [0.2, 0.25) is 0 Å². The molecule has 44 valence electrons. The minimum Gasteiger partial charge on any atom is -0.198 e. The highest BCUT2D eigenvalue weighted by atomic mass is 15.3. The molecule has 1 saturated carbocycles. The molecule has 0 aliphatic heterocycles. The Balaban J connectivity index is 0.0000000907. The molecule has 0 amide bonds. The standard InChI is InChI=1S/C3H6.C2H3N3/c1-2-3-1;1-2-4-5-3-1/h1-3H2;1-2H,(H,3,4,5). The lowest BCUT2D eigenvalue weighted by atomic mass is 11.0. The lowest BCUT2D eigenvalue weighted by Gasteiger charge is -1.48. The topological polar surface area (TPSA) is 41.6 Å². The molecule has 3 nitrogen and oxygen atoms in total. The second kappa shape index (κ2) is 3.18. The molecule has 2 rings (SSSR count). The van der Waals surface area contributed by atoms with Crippen LogP contribution in [0.25, 0.3) is 0 Å². The highest BCUT2D eigenvalue weighted by Crippen LogP contribution is 2.14. The molecule has 0 aromatic carbocycles. The van der Waals surface area contributed by atoms with E-state index in [4.69, 9.17) is 0 Å². The molecular weight excluding hydrogens is 102 g/mol. The molecular formula is C5H9N3. The minimum atomic E-state index is 1.50. The first-order valence-corrected chi connectivity index (χ1v) is 2.80. The second-order valence-electron chi connectivity index (χ2n) is 1.72. The molecule has 0 unspecified atom stereocenters. The smallest absolute Gasteiger partial charge is 0.0690 e. The Morgan fingerprint density at radius 2 is 1.50 bits per heavy atom. The maximum atomic E-state index is 3.49. The summed E-state index contributed by atoms with van der Waals surface area (Å²) in [6, 6.07) is 0. The van der Waals surface area contributed by atoms with Crippen molar-refractivity contribution in [3.63, 3.8) is 0 Å². The summed E-state index contributed by atoms with van der Waals surface area (Å²) >= 11 is 0. The number of hydrogen-bond donors (Lipinski definition) is 1. The van der Waals surface area contributed by atoms with Crippen LogP contribution in [0.4, 0.5) is 0 Å². The maximum Gasteiger partial charge on any atom is 0.0690 e. The number of aromatic amines is 1. The van der Waals surface area contributed by atoms with Crippen LogP contribution in [0.1, 0.15) is 19.3 Å². The van der Waals surface area contributed by atoms with Gasteiger partial charge in [0.15, 0.2) is 0 Å². The summed E-state index contributed by atoms with van der Waals surface area (Å²) in [5.74, 6) is 0. The molecule has 1 aromatic heterocycles. The van der Waals surface area contributed by atoms with Gasteiger partial charge in [0.05, 0.1) is 12.4 Å². The predicted molar refractivity (Wildman–Crippen MR) is 30.2 cm³/mol. The van der Waals surface area contributed by atoms with E-state index in [1.54, 1.807) is 12.4 Å². The molecule has 8 heavy (non-hydrogen) atoms. The highest BCUT2D eigenvalue weighted by molar-refractivity contribution is 4.54. The van der Waals surface area contributed by atoms with Crippen molar-refractivity contribution in [1.82, 2.24) is 15.4 Å². The Morgan fingerprint density at radius 3 is 1.62 bits per heavy atom. The third kappa shape index (κ3) is 3.33. The first-order chi connectivity index (χ1) is 4.00. The molecule has 0 atom stereocenters. The Bertz CT molecular complexity index is 91.3. The van der Waals surface area contributed by atoms with Gasteiger partial charge in [-0.25, -0.2) is 0 Å². The summed E-state index contributed by atoms with van der Waals surface area (Å²) in [5, 5.41) is 9.33. The van der Waals surface area contributed by atoms with Gasteiger partial charge in [0.1, 0.15) is 0 Å². The monoisotopic (exact) mass is 111 g/mol. The van der Waals surface area contributed by atoms with Crippen LogP contribution in [0, 0.1) is 0 Å². The maximum absolute atomic E-state index is 3.49. The van der Waals surface area contributed by atoms with E-state index in [0.29, 0.717) is 0 Å². The molecule has 0 bridgehead atoms. The zero-order valence-electron chi connectivity index (χ0n) is 4.67. The fourth-order valence-corrected chi connectivity index (χ4v) is 0.167. The van der Waals surface area contributed by atoms with Crippen molar-refractivity contribution < 1.29 is 0 Å². The van der Waals surface area contributed by atoms with E-state index >= 15 is 0 Å². The molecule has 1 aliphatic rings. The van der Waals surface area contributed by atoms with Crippen LogP contribution in [-0.4, -0.2) is 15.4 Å². The average Bonchev–Trinajstić information content (AvgIpc) is 2.55. The largest absolute Gasteiger partial charge is 0.198 e. The van der Waals surface area contributed by atoms with Crippen LogP contribution in [0.15, 0.2) is 12.4 Å². The van der Waals surface area contributed by atoms with E-state index in [1.165, 1.54) is 19.3 Å². The van der Waals surface area contributed by atoms with E-state index in [1.807, 2.05) is 0 Å². The zero-order chi connectivity index (χ0) is 5.66. The predicted octanol–water partition coefficient (Wildman–Crippen LogP) is 0.975. The molecule has 0 radical (unpaired) electrons. The van der Waals surface area contributed by atoms with Crippen molar-refractivity contribution in [2.75, 3.05) is 0 Å².